The van der Waals surface area contributed by atoms with E-state index in [1.54, 1.807) is 23.9 Å². The van der Waals surface area contributed by atoms with Crippen molar-refractivity contribution in [2.45, 2.75) is 25.9 Å². The molecule has 1 fully saturated rings. The topological polar surface area (TPSA) is 92.2 Å². The molecule has 1 N–H and O–H groups in total. The number of H-pyrrole nitrogens is 1. The minimum absolute atomic E-state index is 0.187. The van der Waals surface area contributed by atoms with Gasteiger partial charge in [-0.15, -0.1) is 5.10 Å². The lowest BCUT2D eigenvalue weighted by atomic mass is 10.0. The first-order valence-electron chi connectivity index (χ1n) is 12.2. The number of nitrogens with one attached hydrogen (secondary N) is 1. The van der Waals surface area contributed by atoms with Crippen LogP contribution in [-0.4, -0.2) is 74.8 Å². The molecule has 1 unspecified atom stereocenters. The van der Waals surface area contributed by atoms with E-state index in [1.165, 1.54) is 12.1 Å². The summed E-state index contributed by atoms with van der Waals surface area (Å²) in [6.45, 7) is 7.00. The Bertz CT molecular complexity index is 1380. The van der Waals surface area contributed by atoms with Gasteiger partial charge in [-0.1, -0.05) is 19.1 Å². The highest BCUT2D eigenvalue weighted by Crippen LogP contribution is 2.29. The summed E-state index contributed by atoms with van der Waals surface area (Å²) < 4.78 is 20.5. The van der Waals surface area contributed by atoms with Crippen molar-refractivity contribution in [1.29, 1.82) is 0 Å². The van der Waals surface area contributed by atoms with Gasteiger partial charge in [0.15, 0.2) is 5.82 Å². The summed E-state index contributed by atoms with van der Waals surface area (Å²) in [6, 6.07) is 13.4. The number of aromatic nitrogens is 5. The first kappa shape index (κ1) is 24.1. The molecule has 5 rings (SSSR count). The largest absolute Gasteiger partial charge is 0.497 e. The second-order valence-corrected chi connectivity index (χ2v) is 9.11. The monoisotopic (exact) mass is 491 g/mol. The first-order chi connectivity index (χ1) is 17.6. The highest BCUT2D eigenvalue weighted by Gasteiger charge is 2.32. The summed E-state index contributed by atoms with van der Waals surface area (Å²) >= 11 is 0. The predicted molar refractivity (Wildman–Crippen MR) is 135 cm³/mol. The Labute approximate surface area is 208 Å². The number of pyridine rings is 1. The predicted octanol–water partition coefficient (Wildman–Crippen LogP) is 2.83. The Morgan fingerprint density at radius 1 is 1.08 bits per heavy atom. The van der Waals surface area contributed by atoms with Crippen LogP contribution in [0.3, 0.4) is 0 Å². The van der Waals surface area contributed by atoms with Gasteiger partial charge in [-0.2, -0.15) is 0 Å². The summed E-state index contributed by atoms with van der Waals surface area (Å²) in [6.07, 6.45) is 1.10. The number of hydrogen-bond donors (Lipinski definition) is 1. The molecular weight excluding hydrogens is 461 g/mol. The molecule has 1 aliphatic heterocycles. The van der Waals surface area contributed by atoms with Gasteiger partial charge in [-0.3, -0.25) is 9.69 Å². The van der Waals surface area contributed by atoms with Crippen LogP contribution in [0.5, 0.6) is 5.75 Å². The molecule has 10 heteroatoms. The van der Waals surface area contributed by atoms with Gasteiger partial charge in [0.2, 0.25) is 0 Å². The Hall–Kier alpha value is -3.63. The molecule has 0 spiro atoms. The average Bonchev–Trinajstić information content (AvgIpc) is 3.34. The van der Waals surface area contributed by atoms with Gasteiger partial charge >= 0.3 is 0 Å². The molecule has 1 atom stereocenters. The van der Waals surface area contributed by atoms with E-state index in [0.717, 1.165) is 50.1 Å². The van der Waals surface area contributed by atoms with Gasteiger partial charge < -0.3 is 14.6 Å². The number of nitrogens with zero attached hydrogens (tertiary/aromatic N) is 6. The van der Waals surface area contributed by atoms with Crippen molar-refractivity contribution in [3.05, 3.63) is 81.7 Å². The second-order valence-electron chi connectivity index (χ2n) is 9.11. The molecule has 2 aromatic carbocycles. The summed E-state index contributed by atoms with van der Waals surface area (Å²) in [5, 5.41) is 13.5. The molecule has 9 nitrogen and oxygen atoms in total. The van der Waals surface area contributed by atoms with Gasteiger partial charge in [0.05, 0.1) is 19.2 Å². The lowest BCUT2D eigenvalue weighted by Gasteiger charge is -2.38. The van der Waals surface area contributed by atoms with Crippen LogP contribution in [0.15, 0.2) is 53.3 Å². The number of fused-ring (bicyclic) bond motifs is 1. The Kier molecular flexibility index (Phi) is 7.06. The van der Waals surface area contributed by atoms with Crippen LogP contribution in [-0.2, 0) is 6.54 Å². The van der Waals surface area contributed by atoms with E-state index in [0.29, 0.717) is 29.2 Å². The van der Waals surface area contributed by atoms with Crippen LogP contribution in [0, 0.1) is 5.82 Å². The number of tetrazole rings is 1. The molecule has 4 aromatic rings. The Balaban J connectivity index is 1.55. The van der Waals surface area contributed by atoms with Crippen LogP contribution in [0.1, 0.15) is 36.3 Å². The minimum atomic E-state index is -0.431. The van der Waals surface area contributed by atoms with E-state index < -0.39 is 6.04 Å². The highest BCUT2D eigenvalue weighted by atomic mass is 19.1. The third-order valence-corrected chi connectivity index (χ3v) is 6.74. The summed E-state index contributed by atoms with van der Waals surface area (Å²) in [5.74, 6) is 0.970. The molecule has 36 heavy (non-hydrogen) atoms. The van der Waals surface area contributed by atoms with E-state index >= 15 is 0 Å². The number of aromatic amines is 1. The molecule has 0 amide bonds. The van der Waals surface area contributed by atoms with Crippen molar-refractivity contribution in [1.82, 2.24) is 35.0 Å². The molecule has 0 radical (unpaired) electrons. The van der Waals surface area contributed by atoms with Crippen molar-refractivity contribution in [3.8, 4) is 5.75 Å². The van der Waals surface area contributed by atoms with E-state index in [2.05, 4.69) is 37.2 Å². The van der Waals surface area contributed by atoms with Gasteiger partial charge in [0.1, 0.15) is 17.6 Å². The number of hydrogen-bond acceptors (Lipinski definition) is 7. The molecule has 0 aliphatic carbocycles. The van der Waals surface area contributed by atoms with Gasteiger partial charge in [0.25, 0.3) is 5.56 Å². The van der Waals surface area contributed by atoms with E-state index in [1.807, 2.05) is 24.3 Å². The van der Waals surface area contributed by atoms with Crippen LogP contribution in [0.2, 0.25) is 0 Å². The Morgan fingerprint density at radius 3 is 2.58 bits per heavy atom. The smallest absolute Gasteiger partial charge is 0.253 e. The zero-order valence-corrected chi connectivity index (χ0v) is 20.5. The maximum absolute atomic E-state index is 13.4. The fraction of sp³-hybridized carbons (Fsp3) is 0.385. The van der Waals surface area contributed by atoms with Gasteiger partial charge in [-0.05, 0) is 64.7 Å². The molecule has 0 bridgehead atoms. The first-order valence-corrected chi connectivity index (χ1v) is 12.2. The van der Waals surface area contributed by atoms with Crippen LogP contribution < -0.4 is 10.3 Å². The van der Waals surface area contributed by atoms with Gasteiger partial charge in [-0.25, -0.2) is 9.07 Å². The molecule has 1 saturated heterocycles. The summed E-state index contributed by atoms with van der Waals surface area (Å²) in [7, 11) is 1.60. The SMILES string of the molecule is CCCN1CCN(C(c2cc3ccc(OC)cc3[nH]c2=O)c2nnnn2Cc2ccc(F)cc2)CC1. The van der Waals surface area contributed by atoms with Crippen molar-refractivity contribution >= 4 is 10.9 Å². The average molecular weight is 492 g/mol. The third-order valence-electron chi connectivity index (χ3n) is 6.74. The van der Waals surface area contributed by atoms with Crippen molar-refractivity contribution < 1.29 is 9.13 Å². The molecule has 0 saturated carbocycles. The number of ether oxygens (including phenoxy) is 1. The van der Waals surface area contributed by atoms with Crippen molar-refractivity contribution in [3.63, 3.8) is 0 Å². The highest BCUT2D eigenvalue weighted by molar-refractivity contribution is 5.80. The molecule has 3 heterocycles. The number of halogens is 1. The molecule has 1 aliphatic rings. The lowest BCUT2D eigenvalue weighted by molar-refractivity contribution is 0.104. The number of benzene rings is 2. The maximum atomic E-state index is 13.4. The zero-order chi connectivity index (χ0) is 25.1. The van der Waals surface area contributed by atoms with Crippen LogP contribution >= 0.6 is 0 Å². The van der Waals surface area contributed by atoms with E-state index in [4.69, 9.17) is 4.74 Å². The second kappa shape index (κ2) is 10.5. The normalized spacial score (nSPS) is 15.9. The maximum Gasteiger partial charge on any atom is 0.253 e. The quantitative estimate of drug-likeness (QED) is 0.405. The number of rotatable bonds is 8. The van der Waals surface area contributed by atoms with E-state index in [9.17, 15) is 9.18 Å². The Morgan fingerprint density at radius 2 is 1.86 bits per heavy atom. The van der Waals surface area contributed by atoms with Gasteiger partial charge in [0, 0.05) is 37.8 Å². The minimum Gasteiger partial charge on any atom is -0.497 e. The fourth-order valence-corrected chi connectivity index (χ4v) is 4.87. The molecular formula is C26H30FN7O2. The standard InChI is InChI=1S/C26H30FN7O2/c1-3-10-32-11-13-33(14-12-32)24(22-15-19-6-9-21(36-2)16-23(19)28-26(22)35)25-29-30-31-34(25)17-18-4-7-20(27)8-5-18/h4-9,15-16,24H,3,10-14,17H2,1-2H3,(H,28,35). The van der Waals surface area contributed by atoms with E-state index in [-0.39, 0.29) is 11.4 Å². The van der Waals surface area contributed by atoms with Crippen LogP contribution in [0.25, 0.3) is 10.9 Å². The lowest BCUT2D eigenvalue weighted by Crippen LogP contribution is -2.49. The summed E-state index contributed by atoms with van der Waals surface area (Å²) in [4.78, 5) is 21.2. The number of piperazine rings is 1. The van der Waals surface area contributed by atoms with Crippen molar-refractivity contribution in [2.24, 2.45) is 0 Å². The zero-order valence-electron chi connectivity index (χ0n) is 20.5. The summed E-state index contributed by atoms with van der Waals surface area (Å²) in [5.41, 5.74) is 1.98. The fourth-order valence-electron chi connectivity index (χ4n) is 4.87. The molecule has 2 aromatic heterocycles. The molecule has 188 valence electrons. The van der Waals surface area contributed by atoms with Crippen LogP contribution in [0.4, 0.5) is 4.39 Å². The van der Waals surface area contributed by atoms with Crippen molar-refractivity contribution in [2.75, 3.05) is 39.8 Å². The third kappa shape index (κ3) is 5.00. The number of methoxy groups -OCH3 is 1.